The van der Waals surface area contributed by atoms with E-state index in [4.69, 9.17) is 0 Å². The van der Waals surface area contributed by atoms with Crippen LogP contribution in [0.3, 0.4) is 0 Å². The maximum absolute atomic E-state index is 12.7. The summed E-state index contributed by atoms with van der Waals surface area (Å²) in [5.74, 6) is -0.0542. The molecule has 6 nitrogen and oxygen atoms in total. The van der Waals surface area contributed by atoms with Gasteiger partial charge in [0, 0.05) is 25.6 Å². The summed E-state index contributed by atoms with van der Waals surface area (Å²) >= 11 is 0. The maximum Gasteiger partial charge on any atom is 0.261 e. The highest BCUT2D eigenvalue weighted by Gasteiger charge is 2.17. The standard InChI is InChI=1S/C25H32N4O2/c1-4-28(5-2)21(16-20-11-7-6-8-12-20)17-26-23(30)14-15-29-18-27-24-19(3)10-9-13-22(24)25(29)31/h6-13,18,21H,4-5,14-17H2,1-3H3,(H,26,30). The second kappa shape index (κ2) is 10.9. The van der Waals surface area contributed by atoms with Gasteiger partial charge >= 0.3 is 0 Å². The number of para-hydroxylation sites is 1. The van der Waals surface area contributed by atoms with Crippen molar-refractivity contribution in [1.29, 1.82) is 0 Å². The van der Waals surface area contributed by atoms with Crippen molar-refractivity contribution in [2.24, 2.45) is 0 Å². The lowest BCUT2D eigenvalue weighted by atomic mass is 10.0. The molecule has 1 amide bonds. The molecule has 0 aliphatic rings. The van der Waals surface area contributed by atoms with Gasteiger partial charge in [0.2, 0.25) is 5.91 Å². The Kier molecular flexibility index (Phi) is 7.95. The fourth-order valence-corrected chi connectivity index (χ4v) is 4.00. The van der Waals surface area contributed by atoms with E-state index in [0.29, 0.717) is 18.5 Å². The van der Waals surface area contributed by atoms with Crippen LogP contribution >= 0.6 is 0 Å². The van der Waals surface area contributed by atoms with Gasteiger partial charge in [-0.1, -0.05) is 56.3 Å². The molecule has 31 heavy (non-hydrogen) atoms. The molecule has 1 atom stereocenters. The van der Waals surface area contributed by atoms with Crippen molar-refractivity contribution in [2.75, 3.05) is 19.6 Å². The molecule has 1 aromatic heterocycles. The van der Waals surface area contributed by atoms with Gasteiger partial charge < -0.3 is 5.32 Å². The van der Waals surface area contributed by atoms with Gasteiger partial charge in [0.1, 0.15) is 0 Å². The number of hydrogen-bond acceptors (Lipinski definition) is 4. The van der Waals surface area contributed by atoms with E-state index in [1.165, 1.54) is 10.1 Å². The van der Waals surface area contributed by atoms with E-state index in [-0.39, 0.29) is 23.9 Å². The van der Waals surface area contributed by atoms with E-state index in [1.807, 2.05) is 37.3 Å². The Labute approximate surface area is 183 Å². The number of aromatic nitrogens is 2. The second-order valence-electron chi connectivity index (χ2n) is 7.83. The molecule has 0 aliphatic heterocycles. The molecule has 0 fully saturated rings. The lowest BCUT2D eigenvalue weighted by molar-refractivity contribution is -0.121. The molecular formula is C25H32N4O2. The minimum atomic E-state index is -0.105. The molecule has 1 N–H and O–H groups in total. The number of carbonyl (C=O) groups excluding carboxylic acids is 1. The van der Waals surface area contributed by atoms with Gasteiger partial charge in [-0.25, -0.2) is 4.98 Å². The smallest absolute Gasteiger partial charge is 0.261 e. The Morgan fingerprint density at radius 1 is 1.10 bits per heavy atom. The zero-order chi connectivity index (χ0) is 22.2. The van der Waals surface area contributed by atoms with Crippen LogP contribution in [0.1, 0.15) is 31.4 Å². The van der Waals surface area contributed by atoms with Crippen LogP contribution in [0, 0.1) is 6.92 Å². The topological polar surface area (TPSA) is 67.2 Å². The SMILES string of the molecule is CCN(CC)C(CNC(=O)CCn1cnc2c(C)cccc2c1=O)Cc1ccccc1. The van der Waals surface area contributed by atoms with Crippen molar-refractivity contribution >= 4 is 16.8 Å². The molecule has 0 saturated carbocycles. The largest absolute Gasteiger partial charge is 0.354 e. The Morgan fingerprint density at radius 3 is 2.55 bits per heavy atom. The van der Waals surface area contributed by atoms with Crippen LogP contribution in [0.15, 0.2) is 59.7 Å². The summed E-state index contributed by atoms with van der Waals surface area (Å²) in [6, 6.07) is 16.2. The molecule has 0 bridgehead atoms. The van der Waals surface area contributed by atoms with E-state index in [9.17, 15) is 9.59 Å². The fourth-order valence-electron chi connectivity index (χ4n) is 4.00. The first-order chi connectivity index (χ1) is 15.0. The van der Waals surface area contributed by atoms with E-state index in [0.717, 1.165) is 30.6 Å². The van der Waals surface area contributed by atoms with Crippen molar-refractivity contribution < 1.29 is 4.79 Å². The summed E-state index contributed by atoms with van der Waals surface area (Å²) in [5, 5.41) is 3.66. The highest BCUT2D eigenvalue weighted by molar-refractivity contribution is 5.80. The Bertz CT molecular complexity index is 1060. The van der Waals surface area contributed by atoms with E-state index < -0.39 is 0 Å². The average molecular weight is 421 g/mol. The summed E-state index contributed by atoms with van der Waals surface area (Å²) in [6.07, 6.45) is 2.67. The van der Waals surface area contributed by atoms with Gasteiger partial charge in [-0.2, -0.15) is 0 Å². The predicted octanol–water partition coefficient (Wildman–Crippen LogP) is 3.16. The van der Waals surface area contributed by atoms with Crippen LogP contribution in [0.5, 0.6) is 0 Å². The Morgan fingerprint density at radius 2 is 1.84 bits per heavy atom. The molecule has 164 valence electrons. The van der Waals surface area contributed by atoms with Crippen molar-refractivity contribution in [3.05, 3.63) is 76.3 Å². The number of fused-ring (bicyclic) bond motifs is 1. The third-order valence-electron chi connectivity index (χ3n) is 5.81. The monoisotopic (exact) mass is 420 g/mol. The first-order valence-corrected chi connectivity index (χ1v) is 11.0. The minimum Gasteiger partial charge on any atom is -0.354 e. The van der Waals surface area contributed by atoms with E-state index in [2.05, 4.69) is 41.2 Å². The van der Waals surface area contributed by atoms with Gasteiger partial charge in [0.05, 0.1) is 17.2 Å². The molecule has 2 aromatic carbocycles. The lowest BCUT2D eigenvalue weighted by Gasteiger charge is -2.30. The van der Waals surface area contributed by atoms with Crippen LogP contribution < -0.4 is 10.9 Å². The van der Waals surface area contributed by atoms with Gasteiger partial charge in [0.15, 0.2) is 0 Å². The van der Waals surface area contributed by atoms with Crippen molar-refractivity contribution in [2.45, 2.75) is 46.2 Å². The van der Waals surface area contributed by atoms with Crippen molar-refractivity contribution in [3.8, 4) is 0 Å². The molecule has 0 radical (unpaired) electrons. The Hall–Kier alpha value is -2.99. The average Bonchev–Trinajstić information content (AvgIpc) is 2.79. The van der Waals surface area contributed by atoms with Crippen LogP contribution in [-0.4, -0.2) is 46.0 Å². The number of benzene rings is 2. The molecule has 1 unspecified atom stereocenters. The third kappa shape index (κ3) is 5.79. The second-order valence-corrected chi connectivity index (χ2v) is 7.83. The Balaban J connectivity index is 1.61. The predicted molar refractivity (Wildman–Crippen MR) is 125 cm³/mol. The van der Waals surface area contributed by atoms with Crippen molar-refractivity contribution in [1.82, 2.24) is 19.8 Å². The zero-order valence-corrected chi connectivity index (χ0v) is 18.7. The molecule has 3 rings (SSSR count). The number of nitrogens with one attached hydrogen (secondary N) is 1. The summed E-state index contributed by atoms with van der Waals surface area (Å²) in [5.41, 5.74) is 2.85. The molecule has 3 aromatic rings. The van der Waals surface area contributed by atoms with Crippen LogP contribution in [0.2, 0.25) is 0 Å². The molecule has 6 heteroatoms. The normalized spacial score (nSPS) is 12.3. The summed E-state index contributed by atoms with van der Waals surface area (Å²) in [7, 11) is 0. The fraction of sp³-hybridized carbons (Fsp3) is 0.400. The summed E-state index contributed by atoms with van der Waals surface area (Å²) in [4.78, 5) is 32.0. The number of rotatable bonds is 10. The first kappa shape index (κ1) is 22.7. The number of likely N-dealkylation sites (N-methyl/N-ethyl adjacent to an activating group) is 1. The van der Waals surface area contributed by atoms with Gasteiger partial charge in [0.25, 0.3) is 5.56 Å². The van der Waals surface area contributed by atoms with Gasteiger partial charge in [-0.05, 0) is 43.6 Å². The third-order valence-corrected chi connectivity index (χ3v) is 5.81. The number of amides is 1. The minimum absolute atomic E-state index is 0.0542. The van der Waals surface area contributed by atoms with E-state index >= 15 is 0 Å². The first-order valence-electron chi connectivity index (χ1n) is 11.0. The molecule has 0 aliphatic carbocycles. The van der Waals surface area contributed by atoms with E-state index in [1.54, 1.807) is 12.4 Å². The molecule has 0 spiro atoms. The number of nitrogens with zero attached hydrogens (tertiary/aromatic N) is 3. The lowest BCUT2D eigenvalue weighted by Crippen LogP contribution is -2.45. The highest BCUT2D eigenvalue weighted by Crippen LogP contribution is 2.11. The van der Waals surface area contributed by atoms with Crippen LogP contribution in [-0.2, 0) is 17.8 Å². The summed E-state index contributed by atoms with van der Waals surface area (Å²) in [6.45, 7) is 8.99. The summed E-state index contributed by atoms with van der Waals surface area (Å²) < 4.78 is 1.52. The molecule has 0 saturated heterocycles. The van der Waals surface area contributed by atoms with Crippen molar-refractivity contribution in [3.63, 3.8) is 0 Å². The molecule has 1 heterocycles. The maximum atomic E-state index is 12.7. The van der Waals surface area contributed by atoms with Gasteiger partial charge in [-0.15, -0.1) is 0 Å². The highest BCUT2D eigenvalue weighted by atomic mass is 16.1. The number of hydrogen-bond donors (Lipinski definition) is 1. The van der Waals surface area contributed by atoms with Gasteiger partial charge in [-0.3, -0.25) is 19.1 Å². The quantitative estimate of drug-likeness (QED) is 0.547. The number of aryl methyl sites for hydroxylation is 2. The van der Waals surface area contributed by atoms with Crippen LogP contribution in [0.25, 0.3) is 10.9 Å². The zero-order valence-electron chi connectivity index (χ0n) is 18.7. The number of carbonyl (C=O) groups is 1. The molecular weight excluding hydrogens is 388 g/mol. The van der Waals surface area contributed by atoms with Crippen LogP contribution in [0.4, 0.5) is 0 Å².